The van der Waals surface area contributed by atoms with Crippen LogP contribution in [0.25, 0.3) is 0 Å². The molecule has 0 radical (unpaired) electrons. The van der Waals surface area contributed by atoms with Crippen LogP contribution in [-0.2, 0) is 20.7 Å². The van der Waals surface area contributed by atoms with E-state index in [0.29, 0.717) is 12.0 Å². The van der Waals surface area contributed by atoms with Crippen molar-refractivity contribution in [3.05, 3.63) is 71.8 Å². The van der Waals surface area contributed by atoms with Gasteiger partial charge in [-0.15, -0.1) is 0 Å². The summed E-state index contributed by atoms with van der Waals surface area (Å²) in [4.78, 5) is 37.0. The molecule has 0 aliphatic carbocycles. The lowest BCUT2D eigenvalue weighted by atomic mass is 10.0. The molecule has 6 nitrogen and oxygen atoms in total. The predicted molar refractivity (Wildman–Crippen MR) is 102 cm³/mol. The Morgan fingerprint density at radius 1 is 0.926 bits per heavy atom. The van der Waals surface area contributed by atoms with E-state index in [4.69, 9.17) is 4.74 Å². The summed E-state index contributed by atoms with van der Waals surface area (Å²) in [5.74, 6) is -1.31. The van der Waals surface area contributed by atoms with Crippen LogP contribution in [0.2, 0.25) is 0 Å². The summed E-state index contributed by atoms with van der Waals surface area (Å²) < 4.78 is 4.91. The van der Waals surface area contributed by atoms with Crippen molar-refractivity contribution >= 4 is 17.8 Å². The normalized spacial score (nSPS) is 12.5. The Balaban J connectivity index is 2.12. The number of benzene rings is 2. The molecule has 2 aromatic rings. The molecule has 0 aromatic heterocycles. The molecule has 0 aliphatic heterocycles. The zero-order chi connectivity index (χ0) is 19.6. The summed E-state index contributed by atoms with van der Waals surface area (Å²) in [5.41, 5.74) is 1.36. The number of carbonyl (C=O) groups excluding carboxylic acids is 3. The molecule has 2 N–H and O–H groups in total. The predicted octanol–water partition coefficient (Wildman–Crippen LogP) is 2.10. The summed E-state index contributed by atoms with van der Waals surface area (Å²) >= 11 is 0. The van der Waals surface area contributed by atoms with Gasteiger partial charge in [0.2, 0.25) is 5.91 Å². The third-order valence-electron chi connectivity index (χ3n) is 3.94. The fraction of sp³-hybridized carbons (Fsp3) is 0.286. The Labute approximate surface area is 158 Å². The topological polar surface area (TPSA) is 84.5 Å². The Morgan fingerprint density at radius 3 is 2.11 bits per heavy atom. The molecule has 2 rings (SSSR count). The Hall–Kier alpha value is -3.15. The van der Waals surface area contributed by atoms with E-state index in [2.05, 4.69) is 10.6 Å². The van der Waals surface area contributed by atoms with Crippen molar-refractivity contribution in [2.45, 2.75) is 32.4 Å². The SMILES string of the molecule is CCOC(=O)C(C)NC(=O)C(Cc1ccccc1)NC(=O)c1ccccc1. The first kappa shape index (κ1) is 20.2. The van der Waals surface area contributed by atoms with E-state index in [1.165, 1.54) is 0 Å². The highest BCUT2D eigenvalue weighted by molar-refractivity contribution is 5.98. The van der Waals surface area contributed by atoms with Gasteiger partial charge in [0.05, 0.1) is 6.61 Å². The van der Waals surface area contributed by atoms with Crippen molar-refractivity contribution in [1.29, 1.82) is 0 Å². The summed E-state index contributed by atoms with van der Waals surface area (Å²) in [6, 6.07) is 16.4. The molecule has 0 saturated heterocycles. The highest BCUT2D eigenvalue weighted by Gasteiger charge is 2.25. The highest BCUT2D eigenvalue weighted by Crippen LogP contribution is 2.06. The van der Waals surface area contributed by atoms with Crippen LogP contribution < -0.4 is 10.6 Å². The third kappa shape index (κ3) is 6.26. The van der Waals surface area contributed by atoms with Crippen LogP contribution in [0.4, 0.5) is 0 Å². The Bertz CT molecular complexity index is 762. The second-order valence-electron chi connectivity index (χ2n) is 6.06. The van der Waals surface area contributed by atoms with Crippen LogP contribution in [0.5, 0.6) is 0 Å². The van der Waals surface area contributed by atoms with Crippen molar-refractivity contribution in [2.24, 2.45) is 0 Å². The number of ether oxygens (including phenoxy) is 1. The minimum absolute atomic E-state index is 0.233. The second-order valence-corrected chi connectivity index (χ2v) is 6.06. The first-order valence-electron chi connectivity index (χ1n) is 8.88. The van der Waals surface area contributed by atoms with E-state index in [0.717, 1.165) is 5.56 Å². The highest BCUT2D eigenvalue weighted by atomic mass is 16.5. The summed E-state index contributed by atoms with van der Waals surface area (Å²) in [7, 11) is 0. The molecule has 0 bridgehead atoms. The van der Waals surface area contributed by atoms with Gasteiger partial charge in [0.25, 0.3) is 5.91 Å². The molecular formula is C21H24N2O4. The van der Waals surface area contributed by atoms with E-state index >= 15 is 0 Å². The molecule has 0 heterocycles. The number of rotatable bonds is 8. The zero-order valence-corrected chi connectivity index (χ0v) is 15.5. The standard InChI is InChI=1S/C21H24N2O4/c1-3-27-21(26)15(2)22-20(25)18(14-16-10-6-4-7-11-16)23-19(24)17-12-8-5-9-13-17/h4-13,15,18H,3,14H2,1-2H3,(H,22,25)(H,23,24). The molecule has 0 saturated carbocycles. The van der Waals surface area contributed by atoms with Gasteiger partial charge in [-0.1, -0.05) is 48.5 Å². The largest absolute Gasteiger partial charge is 0.464 e. The zero-order valence-electron chi connectivity index (χ0n) is 15.5. The second kappa shape index (κ2) is 10.1. The lowest BCUT2D eigenvalue weighted by Crippen LogP contribution is -2.52. The molecular weight excluding hydrogens is 344 g/mol. The van der Waals surface area contributed by atoms with Gasteiger partial charge in [0.1, 0.15) is 12.1 Å². The Morgan fingerprint density at radius 2 is 1.52 bits per heavy atom. The van der Waals surface area contributed by atoms with Gasteiger partial charge in [0, 0.05) is 12.0 Å². The monoisotopic (exact) mass is 368 g/mol. The van der Waals surface area contributed by atoms with Gasteiger partial charge in [-0.25, -0.2) is 4.79 Å². The number of hydrogen-bond acceptors (Lipinski definition) is 4. The fourth-order valence-electron chi connectivity index (χ4n) is 2.53. The molecule has 0 aliphatic rings. The number of hydrogen-bond donors (Lipinski definition) is 2. The smallest absolute Gasteiger partial charge is 0.328 e. The minimum atomic E-state index is -0.822. The summed E-state index contributed by atoms with van der Waals surface area (Å²) in [6.07, 6.45) is 0.306. The Kier molecular flexibility index (Phi) is 7.55. The van der Waals surface area contributed by atoms with E-state index < -0.39 is 24.0 Å². The van der Waals surface area contributed by atoms with Crippen LogP contribution in [0.1, 0.15) is 29.8 Å². The van der Waals surface area contributed by atoms with Crippen molar-refractivity contribution in [1.82, 2.24) is 10.6 Å². The minimum Gasteiger partial charge on any atom is -0.464 e. The first-order valence-corrected chi connectivity index (χ1v) is 8.88. The van der Waals surface area contributed by atoms with Crippen molar-refractivity contribution in [3.63, 3.8) is 0 Å². The van der Waals surface area contributed by atoms with E-state index in [-0.39, 0.29) is 12.5 Å². The number of amides is 2. The van der Waals surface area contributed by atoms with Gasteiger partial charge >= 0.3 is 5.97 Å². The summed E-state index contributed by atoms with van der Waals surface area (Å²) in [6.45, 7) is 3.48. The maximum atomic E-state index is 12.7. The average molecular weight is 368 g/mol. The van der Waals surface area contributed by atoms with Crippen LogP contribution in [0.15, 0.2) is 60.7 Å². The molecule has 2 unspecified atom stereocenters. The van der Waals surface area contributed by atoms with Gasteiger partial charge in [-0.2, -0.15) is 0 Å². The lowest BCUT2D eigenvalue weighted by molar-refractivity contribution is -0.147. The number of nitrogens with one attached hydrogen (secondary N) is 2. The third-order valence-corrected chi connectivity index (χ3v) is 3.94. The molecule has 6 heteroatoms. The quantitative estimate of drug-likeness (QED) is 0.699. The maximum absolute atomic E-state index is 12.7. The molecule has 0 fully saturated rings. The first-order chi connectivity index (χ1) is 13.0. The van der Waals surface area contributed by atoms with Gasteiger partial charge in [0.15, 0.2) is 0 Å². The van der Waals surface area contributed by atoms with Crippen LogP contribution in [0, 0.1) is 0 Å². The maximum Gasteiger partial charge on any atom is 0.328 e. The molecule has 0 spiro atoms. The fourth-order valence-corrected chi connectivity index (χ4v) is 2.53. The van der Waals surface area contributed by atoms with Crippen molar-refractivity contribution in [3.8, 4) is 0 Å². The number of carbonyl (C=O) groups is 3. The van der Waals surface area contributed by atoms with Crippen LogP contribution in [0.3, 0.4) is 0 Å². The molecule has 2 aromatic carbocycles. The molecule has 27 heavy (non-hydrogen) atoms. The van der Waals surface area contributed by atoms with Crippen LogP contribution in [-0.4, -0.2) is 36.5 Å². The van der Waals surface area contributed by atoms with E-state index in [1.807, 2.05) is 36.4 Å². The molecule has 2 amide bonds. The van der Waals surface area contributed by atoms with Gasteiger partial charge in [-0.05, 0) is 31.5 Å². The molecule has 2 atom stereocenters. The van der Waals surface area contributed by atoms with Crippen molar-refractivity contribution < 1.29 is 19.1 Å². The van der Waals surface area contributed by atoms with E-state index in [9.17, 15) is 14.4 Å². The van der Waals surface area contributed by atoms with Gasteiger partial charge < -0.3 is 15.4 Å². The van der Waals surface area contributed by atoms with E-state index in [1.54, 1.807) is 38.1 Å². The van der Waals surface area contributed by atoms with Crippen molar-refractivity contribution in [2.75, 3.05) is 6.61 Å². The lowest BCUT2D eigenvalue weighted by Gasteiger charge is -2.21. The average Bonchev–Trinajstić information content (AvgIpc) is 2.69. The van der Waals surface area contributed by atoms with Gasteiger partial charge in [-0.3, -0.25) is 9.59 Å². The van der Waals surface area contributed by atoms with Crippen LogP contribution >= 0.6 is 0 Å². The molecule has 142 valence electrons. The number of esters is 1. The summed E-state index contributed by atoms with van der Waals surface area (Å²) in [5, 5.41) is 5.37.